The van der Waals surface area contributed by atoms with E-state index in [2.05, 4.69) is 43.3 Å². The van der Waals surface area contributed by atoms with Gasteiger partial charge in [-0.2, -0.15) is 0 Å². The summed E-state index contributed by atoms with van der Waals surface area (Å²) < 4.78 is 0. The summed E-state index contributed by atoms with van der Waals surface area (Å²) in [7, 11) is 0. The Bertz CT molecular complexity index is 484. The van der Waals surface area contributed by atoms with Crippen molar-refractivity contribution < 1.29 is 0 Å². The number of pyridine rings is 1. The van der Waals surface area contributed by atoms with Crippen LogP contribution in [0.3, 0.4) is 0 Å². The van der Waals surface area contributed by atoms with E-state index in [0.717, 1.165) is 11.7 Å². The molecule has 4 heteroatoms. The van der Waals surface area contributed by atoms with Gasteiger partial charge in [0.15, 0.2) is 5.11 Å². The van der Waals surface area contributed by atoms with Gasteiger partial charge < -0.3 is 10.6 Å². The molecule has 2 unspecified atom stereocenters. The predicted octanol–water partition coefficient (Wildman–Crippen LogP) is 3.89. The Kier molecular flexibility index (Phi) is 4.63. The maximum atomic E-state index is 5.41. The Morgan fingerprint density at radius 2 is 2.15 bits per heavy atom. The molecule has 20 heavy (non-hydrogen) atoms. The van der Waals surface area contributed by atoms with Crippen LogP contribution in [0.1, 0.15) is 45.6 Å². The van der Waals surface area contributed by atoms with Crippen LogP contribution in [0.2, 0.25) is 0 Å². The van der Waals surface area contributed by atoms with Crippen molar-refractivity contribution in [3.8, 4) is 0 Å². The van der Waals surface area contributed by atoms with E-state index in [0.29, 0.717) is 16.6 Å². The molecule has 1 saturated carbocycles. The molecule has 2 rings (SSSR count). The molecule has 0 aliphatic heterocycles. The third-order valence-electron chi connectivity index (χ3n) is 3.88. The van der Waals surface area contributed by atoms with E-state index in [1.165, 1.54) is 24.8 Å². The molecule has 0 aromatic carbocycles. The molecule has 1 aliphatic rings. The lowest BCUT2D eigenvalue weighted by molar-refractivity contribution is 0.162. The maximum absolute atomic E-state index is 5.41. The number of hydrogen-bond donors (Lipinski definition) is 2. The highest BCUT2D eigenvalue weighted by Gasteiger charge is 2.32. The molecule has 0 amide bonds. The fourth-order valence-corrected chi connectivity index (χ4v) is 3.67. The summed E-state index contributed by atoms with van der Waals surface area (Å²) >= 11 is 5.41. The second kappa shape index (κ2) is 6.08. The standard InChI is InChI=1S/C16H25N3S/c1-11-5-6-17-14(8-11)19-15(20)18-13-7-12(2)9-16(3,4)10-13/h5-6,8,12-13H,7,9-10H2,1-4H3,(H2,17,18,19,20). The van der Waals surface area contributed by atoms with E-state index < -0.39 is 0 Å². The second-order valence-electron chi connectivity index (χ2n) is 6.93. The topological polar surface area (TPSA) is 37.0 Å². The van der Waals surface area contributed by atoms with E-state index in [1.54, 1.807) is 6.20 Å². The minimum atomic E-state index is 0.395. The van der Waals surface area contributed by atoms with Crippen molar-refractivity contribution in [3.63, 3.8) is 0 Å². The van der Waals surface area contributed by atoms with Crippen molar-refractivity contribution in [2.75, 3.05) is 5.32 Å². The van der Waals surface area contributed by atoms with Gasteiger partial charge in [-0.1, -0.05) is 20.8 Å². The minimum absolute atomic E-state index is 0.395. The highest BCUT2D eigenvalue weighted by molar-refractivity contribution is 7.80. The number of aromatic nitrogens is 1. The van der Waals surface area contributed by atoms with E-state index in [-0.39, 0.29) is 0 Å². The third-order valence-corrected chi connectivity index (χ3v) is 4.10. The lowest BCUT2D eigenvalue weighted by Crippen LogP contribution is -2.44. The Labute approximate surface area is 127 Å². The lowest BCUT2D eigenvalue weighted by atomic mass is 9.71. The van der Waals surface area contributed by atoms with Crippen molar-refractivity contribution in [1.82, 2.24) is 10.3 Å². The average Bonchev–Trinajstić information content (AvgIpc) is 2.25. The molecular weight excluding hydrogens is 266 g/mol. The van der Waals surface area contributed by atoms with Crippen molar-refractivity contribution in [3.05, 3.63) is 23.9 Å². The molecule has 0 saturated heterocycles. The van der Waals surface area contributed by atoms with Gasteiger partial charge >= 0.3 is 0 Å². The summed E-state index contributed by atoms with van der Waals surface area (Å²) in [5, 5.41) is 7.31. The van der Waals surface area contributed by atoms with Gasteiger partial charge in [-0.15, -0.1) is 0 Å². The van der Waals surface area contributed by atoms with Crippen molar-refractivity contribution in [2.45, 2.75) is 53.0 Å². The Morgan fingerprint density at radius 3 is 2.80 bits per heavy atom. The van der Waals surface area contributed by atoms with Crippen molar-refractivity contribution in [1.29, 1.82) is 0 Å². The van der Waals surface area contributed by atoms with Gasteiger partial charge in [0.1, 0.15) is 5.82 Å². The molecule has 1 aromatic rings. The second-order valence-corrected chi connectivity index (χ2v) is 7.34. The summed E-state index contributed by atoms with van der Waals surface area (Å²) in [6, 6.07) is 4.44. The van der Waals surface area contributed by atoms with E-state index >= 15 is 0 Å². The van der Waals surface area contributed by atoms with Crippen LogP contribution in [0.5, 0.6) is 0 Å². The SMILES string of the molecule is Cc1ccnc(NC(=S)NC2CC(C)CC(C)(C)C2)c1. The Morgan fingerprint density at radius 1 is 1.40 bits per heavy atom. The number of nitrogens with zero attached hydrogens (tertiary/aromatic N) is 1. The van der Waals surface area contributed by atoms with Gasteiger partial charge in [0.25, 0.3) is 0 Å². The van der Waals surface area contributed by atoms with Crippen LogP contribution in [-0.4, -0.2) is 16.1 Å². The zero-order valence-electron chi connectivity index (χ0n) is 12.9. The zero-order chi connectivity index (χ0) is 14.8. The van der Waals surface area contributed by atoms with Crippen LogP contribution < -0.4 is 10.6 Å². The summed E-state index contributed by atoms with van der Waals surface area (Å²) in [5.41, 5.74) is 1.57. The van der Waals surface area contributed by atoms with Crippen molar-refractivity contribution >= 4 is 23.1 Å². The maximum Gasteiger partial charge on any atom is 0.172 e. The molecule has 1 heterocycles. The van der Waals surface area contributed by atoms with Crippen LogP contribution in [-0.2, 0) is 0 Å². The zero-order valence-corrected chi connectivity index (χ0v) is 13.7. The Balaban J connectivity index is 1.91. The number of anilines is 1. The number of thiocarbonyl (C=S) groups is 1. The highest BCUT2D eigenvalue weighted by Crippen LogP contribution is 2.38. The Hall–Kier alpha value is -1.16. The van der Waals surface area contributed by atoms with Gasteiger partial charge in [-0.05, 0) is 67.4 Å². The molecule has 1 aliphatic carbocycles. The number of nitrogens with one attached hydrogen (secondary N) is 2. The number of aryl methyl sites for hydroxylation is 1. The monoisotopic (exact) mass is 291 g/mol. The first-order chi connectivity index (χ1) is 9.34. The molecule has 1 aromatic heterocycles. The van der Waals surface area contributed by atoms with E-state index in [4.69, 9.17) is 12.2 Å². The summed E-state index contributed by atoms with van der Waals surface area (Å²) in [4.78, 5) is 4.28. The van der Waals surface area contributed by atoms with Gasteiger partial charge in [0.2, 0.25) is 0 Å². The summed E-state index contributed by atoms with van der Waals surface area (Å²) in [6.45, 7) is 9.06. The molecule has 0 bridgehead atoms. The van der Waals surface area contributed by atoms with Crippen LogP contribution in [0.15, 0.2) is 18.3 Å². The van der Waals surface area contributed by atoms with Gasteiger partial charge in [-0.25, -0.2) is 4.98 Å². The molecule has 1 fully saturated rings. The fraction of sp³-hybridized carbons (Fsp3) is 0.625. The molecule has 2 atom stereocenters. The quantitative estimate of drug-likeness (QED) is 0.811. The average molecular weight is 291 g/mol. The van der Waals surface area contributed by atoms with Gasteiger partial charge in [0, 0.05) is 12.2 Å². The van der Waals surface area contributed by atoms with Crippen LogP contribution >= 0.6 is 12.2 Å². The first-order valence-electron chi connectivity index (χ1n) is 7.34. The van der Waals surface area contributed by atoms with E-state index in [1.807, 2.05) is 12.1 Å². The third kappa shape index (κ3) is 4.44. The number of rotatable bonds is 2. The highest BCUT2D eigenvalue weighted by atomic mass is 32.1. The van der Waals surface area contributed by atoms with Crippen LogP contribution in [0.4, 0.5) is 5.82 Å². The first-order valence-corrected chi connectivity index (χ1v) is 7.75. The smallest absolute Gasteiger partial charge is 0.172 e. The molecule has 0 radical (unpaired) electrons. The fourth-order valence-electron chi connectivity index (χ4n) is 3.40. The molecule has 0 spiro atoms. The lowest BCUT2D eigenvalue weighted by Gasteiger charge is -2.39. The summed E-state index contributed by atoms with van der Waals surface area (Å²) in [6.07, 6.45) is 5.45. The largest absolute Gasteiger partial charge is 0.360 e. The summed E-state index contributed by atoms with van der Waals surface area (Å²) in [5.74, 6) is 1.56. The van der Waals surface area contributed by atoms with Crippen LogP contribution in [0.25, 0.3) is 0 Å². The van der Waals surface area contributed by atoms with Gasteiger partial charge in [-0.3, -0.25) is 0 Å². The molecule has 2 N–H and O–H groups in total. The molecule has 110 valence electrons. The molecule has 3 nitrogen and oxygen atoms in total. The molecular formula is C16H25N3S. The number of hydrogen-bond acceptors (Lipinski definition) is 2. The first kappa shape index (κ1) is 15.2. The predicted molar refractivity (Wildman–Crippen MR) is 88.9 cm³/mol. The normalized spacial score (nSPS) is 25.0. The minimum Gasteiger partial charge on any atom is -0.360 e. The van der Waals surface area contributed by atoms with E-state index in [9.17, 15) is 0 Å². The van der Waals surface area contributed by atoms with Crippen molar-refractivity contribution in [2.24, 2.45) is 11.3 Å². The van der Waals surface area contributed by atoms with Crippen LogP contribution in [0, 0.1) is 18.3 Å². The van der Waals surface area contributed by atoms with Gasteiger partial charge in [0.05, 0.1) is 0 Å².